The zero-order valence-corrected chi connectivity index (χ0v) is 19.1. The van der Waals surface area contributed by atoms with Gasteiger partial charge in [-0.1, -0.05) is 30.3 Å². The SMILES string of the molecule is O=C(Cn1cc(/C=N/NC(=O)c2ccccc2-n2cccc2)c2ccccc21)Nc1ccc(F)cc1. The number of anilines is 1. The third kappa shape index (κ3) is 4.92. The molecule has 2 aromatic heterocycles. The lowest BCUT2D eigenvalue weighted by Crippen LogP contribution is -2.19. The number of halogens is 1. The first-order valence-corrected chi connectivity index (χ1v) is 11.3. The van der Waals surface area contributed by atoms with E-state index < -0.39 is 0 Å². The van der Waals surface area contributed by atoms with Gasteiger partial charge in [0.2, 0.25) is 5.91 Å². The molecule has 2 heterocycles. The number of nitrogens with one attached hydrogen (secondary N) is 2. The Bertz CT molecular complexity index is 1550. The lowest BCUT2D eigenvalue weighted by atomic mass is 10.1. The lowest BCUT2D eigenvalue weighted by molar-refractivity contribution is -0.116. The molecule has 0 atom stereocenters. The fraction of sp³-hybridized carbons (Fsp3) is 0.0357. The quantitative estimate of drug-likeness (QED) is 0.255. The number of hydrazone groups is 1. The average molecular weight is 480 g/mol. The molecule has 0 saturated heterocycles. The third-order valence-electron chi connectivity index (χ3n) is 5.66. The van der Waals surface area contributed by atoms with Crippen molar-refractivity contribution < 1.29 is 14.0 Å². The first-order valence-electron chi connectivity index (χ1n) is 11.3. The third-order valence-corrected chi connectivity index (χ3v) is 5.66. The number of nitrogens with zero attached hydrogens (tertiary/aromatic N) is 3. The van der Waals surface area contributed by atoms with Crippen molar-refractivity contribution in [3.63, 3.8) is 0 Å². The number of rotatable bonds is 7. The normalized spacial score (nSPS) is 11.1. The number of hydrogen-bond acceptors (Lipinski definition) is 3. The Morgan fingerprint density at radius 2 is 1.61 bits per heavy atom. The highest BCUT2D eigenvalue weighted by atomic mass is 19.1. The van der Waals surface area contributed by atoms with Gasteiger partial charge in [-0.05, 0) is 54.6 Å². The van der Waals surface area contributed by atoms with Crippen molar-refractivity contribution in [3.8, 4) is 5.69 Å². The molecule has 3 aromatic carbocycles. The van der Waals surface area contributed by atoms with E-state index in [2.05, 4.69) is 15.8 Å². The summed E-state index contributed by atoms with van der Waals surface area (Å²) in [6, 6.07) is 24.3. The summed E-state index contributed by atoms with van der Waals surface area (Å²) in [6.45, 7) is 0.0579. The summed E-state index contributed by atoms with van der Waals surface area (Å²) in [4.78, 5) is 25.4. The van der Waals surface area contributed by atoms with Gasteiger partial charge in [-0.2, -0.15) is 5.10 Å². The van der Waals surface area contributed by atoms with Gasteiger partial charge in [-0.15, -0.1) is 0 Å². The minimum Gasteiger partial charge on any atom is -0.337 e. The summed E-state index contributed by atoms with van der Waals surface area (Å²) >= 11 is 0. The monoisotopic (exact) mass is 479 g/mol. The van der Waals surface area contributed by atoms with Gasteiger partial charge in [0, 0.05) is 40.7 Å². The fourth-order valence-electron chi connectivity index (χ4n) is 4.00. The molecule has 5 aromatic rings. The summed E-state index contributed by atoms with van der Waals surface area (Å²) in [7, 11) is 0. The van der Waals surface area contributed by atoms with E-state index in [1.807, 2.05) is 65.5 Å². The molecule has 7 nitrogen and oxygen atoms in total. The van der Waals surface area contributed by atoms with Gasteiger partial charge in [0.15, 0.2) is 0 Å². The van der Waals surface area contributed by atoms with E-state index in [4.69, 9.17) is 0 Å². The maximum Gasteiger partial charge on any atom is 0.273 e. The summed E-state index contributed by atoms with van der Waals surface area (Å²) in [5.74, 6) is -0.952. The number of amides is 2. The molecule has 0 radical (unpaired) electrons. The van der Waals surface area contributed by atoms with E-state index in [9.17, 15) is 14.0 Å². The Morgan fingerprint density at radius 3 is 2.42 bits per heavy atom. The molecular formula is C28H22FN5O2. The lowest BCUT2D eigenvalue weighted by Gasteiger charge is -2.08. The van der Waals surface area contributed by atoms with Crippen LogP contribution in [0.15, 0.2) is 109 Å². The van der Waals surface area contributed by atoms with Crippen molar-refractivity contribution >= 4 is 34.6 Å². The summed E-state index contributed by atoms with van der Waals surface area (Å²) in [6.07, 6.45) is 7.11. The summed E-state index contributed by atoms with van der Waals surface area (Å²) in [5.41, 5.74) is 5.95. The molecular weight excluding hydrogens is 457 g/mol. The van der Waals surface area contributed by atoms with E-state index >= 15 is 0 Å². The van der Waals surface area contributed by atoms with Crippen LogP contribution in [0.25, 0.3) is 16.6 Å². The van der Waals surface area contributed by atoms with Crippen molar-refractivity contribution in [2.75, 3.05) is 5.32 Å². The van der Waals surface area contributed by atoms with Crippen LogP contribution in [0.2, 0.25) is 0 Å². The van der Waals surface area contributed by atoms with E-state index in [1.165, 1.54) is 24.3 Å². The van der Waals surface area contributed by atoms with Crippen molar-refractivity contribution in [2.45, 2.75) is 6.54 Å². The van der Waals surface area contributed by atoms with Crippen LogP contribution in [0.5, 0.6) is 0 Å². The molecule has 0 saturated carbocycles. The smallest absolute Gasteiger partial charge is 0.273 e. The van der Waals surface area contributed by atoms with Crippen LogP contribution in [0.1, 0.15) is 15.9 Å². The maximum atomic E-state index is 13.1. The Balaban J connectivity index is 1.32. The average Bonchev–Trinajstić information content (AvgIpc) is 3.55. The van der Waals surface area contributed by atoms with Crippen molar-refractivity contribution in [3.05, 3.63) is 120 Å². The summed E-state index contributed by atoms with van der Waals surface area (Å²) in [5, 5.41) is 7.83. The van der Waals surface area contributed by atoms with Gasteiger partial charge in [0.25, 0.3) is 5.91 Å². The molecule has 0 bridgehead atoms. The zero-order valence-electron chi connectivity index (χ0n) is 19.1. The van der Waals surface area contributed by atoms with Crippen LogP contribution < -0.4 is 10.7 Å². The number of carbonyl (C=O) groups is 2. The number of benzene rings is 3. The highest BCUT2D eigenvalue weighted by Crippen LogP contribution is 2.20. The van der Waals surface area contributed by atoms with Crippen molar-refractivity contribution in [2.24, 2.45) is 5.10 Å². The number of fused-ring (bicyclic) bond motifs is 1. The standard InChI is InChI=1S/C28H22FN5O2/c29-21-11-13-22(14-12-21)31-27(35)19-34-18-20(23-7-1-3-9-25(23)34)17-30-32-28(36)24-8-2-4-10-26(24)33-15-5-6-16-33/h1-18H,19H2,(H,31,35)(H,32,36)/b30-17+. The highest BCUT2D eigenvalue weighted by Gasteiger charge is 2.13. The van der Waals surface area contributed by atoms with Crippen LogP contribution in [-0.2, 0) is 11.3 Å². The summed E-state index contributed by atoms with van der Waals surface area (Å²) < 4.78 is 16.8. The van der Waals surface area contributed by atoms with E-state index in [1.54, 1.807) is 29.1 Å². The first kappa shape index (κ1) is 22.8. The maximum absolute atomic E-state index is 13.1. The molecule has 0 aliphatic carbocycles. The molecule has 2 amide bonds. The molecule has 0 aliphatic rings. The predicted octanol–water partition coefficient (Wildman–Crippen LogP) is 4.97. The topological polar surface area (TPSA) is 80.4 Å². The Kier molecular flexibility index (Phi) is 6.40. The van der Waals surface area contributed by atoms with E-state index in [-0.39, 0.29) is 24.2 Å². The number of carbonyl (C=O) groups excluding carboxylic acids is 2. The van der Waals surface area contributed by atoms with E-state index in [0.717, 1.165) is 22.2 Å². The molecule has 0 spiro atoms. The molecule has 2 N–H and O–H groups in total. The minimum atomic E-state index is -0.367. The molecule has 178 valence electrons. The number of aromatic nitrogens is 2. The van der Waals surface area contributed by atoms with Gasteiger partial charge in [-0.25, -0.2) is 9.82 Å². The Hall–Kier alpha value is -4.98. The Labute approximate surface area is 206 Å². The number of hydrogen-bond donors (Lipinski definition) is 2. The predicted molar refractivity (Wildman–Crippen MR) is 138 cm³/mol. The van der Waals surface area contributed by atoms with E-state index in [0.29, 0.717) is 11.3 Å². The van der Waals surface area contributed by atoms with Gasteiger partial charge in [0.1, 0.15) is 12.4 Å². The van der Waals surface area contributed by atoms with Crippen LogP contribution in [0, 0.1) is 5.82 Å². The molecule has 36 heavy (non-hydrogen) atoms. The second-order valence-corrected chi connectivity index (χ2v) is 8.09. The van der Waals surface area contributed by atoms with Crippen LogP contribution in [-0.4, -0.2) is 27.2 Å². The van der Waals surface area contributed by atoms with Crippen molar-refractivity contribution in [1.82, 2.24) is 14.6 Å². The van der Waals surface area contributed by atoms with Crippen LogP contribution >= 0.6 is 0 Å². The largest absolute Gasteiger partial charge is 0.337 e. The highest BCUT2D eigenvalue weighted by molar-refractivity contribution is 6.02. The minimum absolute atomic E-state index is 0.0579. The molecule has 5 rings (SSSR count). The second-order valence-electron chi connectivity index (χ2n) is 8.09. The van der Waals surface area contributed by atoms with Gasteiger partial charge in [-0.3, -0.25) is 9.59 Å². The molecule has 0 unspecified atom stereocenters. The van der Waals surface area contributed by atoms with Crippen LogP contribution in [0.4, 0.5) is 10.1 Å². The first-order chi connectivity index (χ1) is 17.6. The molecule has 8 heteroatoms. The van der Waals surface area contributed by atoms with Crippen LogP contribution in [0.3, 0.4) is 0 Å². The number of para-hydroxylation sites is 2. The molecule has 0 fully saturated rings. The molecule has 0 aliphatic heterocycles. The second kappa shape index (κ2) is 10.1. The van der Waals surface area contributed by atoms with Gasteiger partial charge < -0.3 is 14.5 Å². The fourth-order valence-corrected chi connectivity index (χ4v) is 4.00. The Morgan fingerprint density at radius 1 is 0.889 bits per heavy atom. The van der Waals surface area contributed by atoms with Gasteiger partial charge >= 0.3 is 0 Å². The zero-order chi connectivity index (χ0) is 24.9. The van der Waals surface area contributed by atoms with Crippen molar-refractivity contribution in [1.29, 1.82) is 0 Å². The van der Waals surface area contributed by atoms with Gasteiger partial charge in [0.05, 0.1) is 17.5 Å².